The highest BCUT2D eigenvalue weighted by molar-refractivity contribution is 6.04. The number of amides is 3. The predicted octanol–water partition coefficient (Wildman–Crippen LogP) is 4.07. The van der Waals surface area contributed by atoms with Crippen molar-refractivity contribution in [3.63, 3.8) is 0 Å². The van der Waals surface area contributed by atoms with Gasteiger partial charge < -0.3 is 20.7 Å². The third-order valence-corrected chi connectivity index (χ3v) is 3.14. The molecule has 0 saturated carbocycles. The summed E-state index contributed by atoms with van der Waals surface area (Å²) in [6.45, 7) is 0.736. The Labute approximate surface area is 149 Å². The zero-order valence-corrected chi connectivity index (χ0v) is 14.3. The van der Waals surface area contributed by atoms with Crippen molar-refractivity contribution < 1.29 is 23.1 Å². The normalized spacial score (nSPS) is 10.5. The van der Waals surface area contributed by atoms with Gasteiger partial charge in [0.25, 0.3) is 5.91 Å². The van der Waals surface area contributed by atoms with Gasteiger partial charge in [0.1, 0.15) is 5.75 Å². The van der Waals surface area contributed by atoms with Crippen molar-refractivity contribution in [2.75, 3.05) is 10.6 Å². The minimum atomic E-state index is -2.96. The first-order chi connectivity index (χ1) is 12.3. The van der Waals surface area contributed by atoms with Gasteiger partial charge in [-0.2, -0.15) is 8.78 Å². The van der Waals surface area contributed by atoms with Crippen LogP contribution in [-0.2, 0) is 0 Å². The summed E-state index contributed by atoms with van der Waals surface area (Å²) in [5.74, 6) is -0.564. The molecule has 0 saturated heterocycles. The fourth-order valence-electron chi connectivity index (χ4n) is 2.08. The fraction of sp³-hybridized carbons (Fsp3) is 0.222. The molecule has 0 fully saturated rings. The highest BCUT2D eigenvalue weighted by Crippen LogP contribution is 2.18. The zero-order valence-electron chi connectivity index (χ0n) is 14.3. The van der Waals surface area contributed by atoms with E-state index in [4.69, 9.17) is 0 Å². The highest BCUT2D eigenvalue weighted by atomic mass is 19.3. The molecule has 0 spiro atoms. The number of hydrogen-bond donors (Lipinski definition) is 3. The van der Waals surface area contributed by atoms with Crippen molar-refractivity contribution in [1.82, 2.24) is 5.32 Å². The molecule has 2 aromatic carbocycles. The second-order valence-corrected chi connectivity index (χ2v) is 5.69. The summed E-state index contributed by atoms with van der Waals surface area (Å²) in [6.07, 6.45) is 0. The quantitative estimate of drug-likeness (QED) is 0.724. The molecule has 0 atom stereocenters. The van der Waals surface area contributed by atoms with Gasteiger partial charge in [0.05, 0.1) is 0 Å². The summed E-state index contributed by atoms with van der Waals surface area (Å²) in [4.78, 5) is 23.8. The van der Waals surface area contributed by atoms with E-state index in [2.05, 4.69) is 20.7 Å². The Morgan fingerprint density at radius 2 is 1.58 bits per heavy atom. The molecule has 0 aromatic heterocycles. The Hall–Kier alpha value is -3.16. The summed E-state index contributed by atoms with van der Waals surface area (Å²) < 4.78 is 28.8. The number of hydrogen-bond acceptors (Lipinski definition) is 3. The minimum Gasteiger partial charge on any atom is -0.435 e. The van der Waals surface area contributed by atoms with Crippen molar-refractivity contribution in [3.8, 4) is 5.75 Å². The van der Waals surface area contributed by atoms with E-state index in [1.807, 2.05) is 13.8 Å². The monoisotopic (exact) mass is 363 g/mol. The average molecular weight is 363 g/mol. The molecular weight excluding hydrogens is 344 g/mol. The van der Waals surface area contributed by atoms with Crippen LogP contribution in [0.25, 0.3) is 0 Å². The van der Waals surface area contributed by atoms with Crippen LogP contribution in [0, 0.1) is 0 Å². The van der Waals surface area contributed by atoms with Crippen LogP contribution in [0.5, 0.6) is 5.75 Å². The average Bonchev–Trinajstić information content (AvgIpc) is 2.55. The van der Waals surface area contributed by atoms with Crippen molar-refractivity contribution in [1.29, 1.82) is 0 Å². The highest BCUT2D eigenvalue weighted by Gasteiger charge is 2.10. The first kappa shape index (κ1) is 19.2. The smallest absolute Gasteiger partial charge is 0.387 e. The van der Waals surface area contributed by atoms with Crippen molar-refractivity contribution in [3.05, 3.63) is 54.1 Å². The second-order valence-electron chi connectivity index (χ2n) is 5.69. The zero-order chi connectivity index (χ0) is 19.1. The lowest BCUT2D eigenvalue weighted by atomic mass is 10.2. The first-order valence-electron chi connectivity index (χ1n) is 7.87. The van der Waals surface area contributed by atoms with Crippen LogP contribution in [0.15, 0.2) is 48.5 Å². The Morgan fingerprint density at radius 1 is 0.962 bits per heavy atom. The van der Waals surface area contributed by atoms with E-state index in [1.54, 1.807) is 24.3 Å². The van der Waals surface area contributed by atoms with Crippen molar-refractivity contribution >= 4 is 23.3 Å². The maximum absolute atomic E-state index is 12.2. The van der Waals surface area contributed by atoms with Gasteiger partial charge in [0.2, 0.25) is 0 Å². The van der Waals surface area contributed by atoms with Gasteiger partial charge >= 0.3 is 12.6 Å². The maximum Gasteiger partial charge on any atom is 0.387 e. The fourth-order valence-corrected chi connectivity index (χ4v) is 2.08. The standard InChI is InChI=1S/C18H19F2N3O3/c1-11(2)21-18(25)23-14-8-6-13(7-9-14)22-16(24)12-4-3-5-15(10-12)26-17(19)20/h3-11,17H,1-2H3,(H,22,24)(H2,21,23,25). The third kappa shape index (κ3) is 6.04. The van der Waals surface area contributed by atoms with Crippen LogP contribution in [0.4, 0.5) is 25.0 Å². The number of ether oxygens (including phenoxy) is 1. The summed E-state index contributed by atoms with van der Waals surface area (Å²) in [7, 11) is 0. The summed E-state index contributed by atoms with van der Waals surface area (Å²) in [6, 6.07) is 11.7. The first-order valence-corrected chi connectivity index (χ1v) is 7.87. The molecule has 6 nitrogen and oxygen atoms in total. The largest absolute Gasteiger partial charge is 0.435 e. The number of nitrogens with one attached hydrogen (secondary N) is 3. The lowest BCUT2D eigenvalue weighted by molar-refractivity contribution is -0.0498. The summed E-state index contributed by atoms with van der Waals surface area (Å²) in [5.41, 5.74) is 1.24. The minimum absolute atomic E-state index is 0.0124. The van der Waals surface area contributed by atoms with E-state index in [9.17, 15) is 18.4 Å². The summed E-state index contributed by atoms with van der Waals surface area (Å²) in [5, 5.41) is 8.00. The molecule has 0 aliphatic carbocycles. The molecule has 0 aliphatic heterocycles. The predicted molar refractivity (Wildman–Crippen MR) is 94.8 cm³/mol. The number of anilines is 2. The van der Waals surface area contributed by atoms with Crippen LogP contribution in [-0.4, -0.2) is 24.6 Å². The van der Waals surface area contributed by atoms with E-state index in [0.717, 1.165) is 0 Å². The third-order valence-electron chi connectivity index (χ3n) is 3.14. The Morgan fingerprint density at radius 3 is 2.15 bits per heavy atom. The van der Waals surface area contributed by atoms with Gasteiger partial charge in [-0.05, 0) is 56.3 Å². The number of rotatable bonds is 6. The van der Waals surface area contributed by atoms with E-state index in [0.29, 0.717) is 11.4 Å². The van der Waals surface area contributed by atoms with Crippen LogP contribution >= 0.6 is 0 Å². The lowest BCUT2D eigenvalue weighted by Crippen LogP contribution is -2.34. The Kier molecular flexibility index (Phi) is 6.48. The molecule has 138 valence electrons. The SMILES string of the molecule is CC(C)NC(=O)Nc1ccc(NC(=O)c2cccc(OC(F)F)c2)cc1. The lowest BCUT2D eigenvalue weighted by Gasteiger charge is -2.11. The van der Waals surface area contributed by atoms with Crippen LogP contribution < -0.4 is 20.7 Å². The molecule has 0 unspecified atom stereocenters. The van der Waals surface area contributed by atoms with Crippen molar-refractivity contribution in [2.45, 2.75) is 26.5 Å². The van der Waals surface area contributed by atoms with E-state index in [-0.39, 0.29) is 23.4 Å². The molecule has 3 N–H and O–H groups in total. The van der Waals surface area contributed by atoms with E-state index >= 15 is 0 Å². The molecule has 8 heteroatoms. The number of carbonyl (C=O) groups is 2. The topological polar surface area (TPSA) is 79.5 Å². The number of halogens is 2. The Bertz CT molecular complexity index is 765. The van der Waals surface area contributed by atoms with Gasteiger partial charge in [-0.25, -0.2) is 4.79 Å². The van der Waals surface area contributed by atoms with Gasteiger partial charge in [-0.15, -0.1) is 0 Å². The molecule has 0 aliphatic rings. The molecule has 26 heavy (non-hydrogen) atoms. The number of urea groups is 1. The van der Waals surface area contributed by atoms with Gasteiger partial charge in [-0.3, -0.25) is 4.79 Å². The van der Waals surface area contributed by atoms with Crippen LogP contribution in [0.3, 0.4) is 0 Å². The Balaban J connectivity index is 1.98. The van der Waals surface area contributed by atoms with Crippen LogP contribution in [0.2, 0.25) is 0 Å². The number of carbonyl (C=O) groups excluding carboxylic acids is 2. The molecule has 0 heterocycles. The van der Waals surface area contributed by atoms with Gasteiger partial charge in [0.15, 0.2) is 0 Å². The number of alkyl halides is 2. The molecule has 0 bridgehead atoms. The second kappa shape index (κ2) is 8.80. The molecule has 3 amide bonds. The maximum atomic E-state index is 12.2. The number of benzene rings is 2. The molecular formula is C18H19F2N3O3. The van der Waals surface area contributed by atoms with Gasteiger partial charge in [0, 0.05) is 23.0 Å². The molecule has 2 rings (SSSR count). The van der Waals surface area contributed by atoms with Crippen molar-refractivity contribution in [2.24, 2.45) is 0 Å². The van der Waals surface area contributed by atoms with E-state index < -0.39 is 12.5 Å². The molecule has 0 radical (unpaired) electrons. The van der Waals surface area contributed by atoms with Gasteiger partial charge in [-0.1, -0.05) is 6.07 Å². The summed E-state index contributed by atoms with van der Waals surface area (Å²) >= 11 is 0. The van der Waals surface area contributed by atoms with E-state index in [1.165, 1.54) is 24.3 Å². The molecule has 2 aromatic rings. The van der Waals surface area contributed by atoms with Crippen LogP contribution in [0.1, 0.15) is 24.2 Å².